The Morgan fingerprint density at radius 1 is 1.59 bits per heavy atom. The number of thiophene rings is 1. The van der Waals surface area contributed by atoms with Crippen LogP contribution in [0.5, 0.6) is 0 Å². The molecule has 1 N–H and O–H groups in total. The van der Waals surface area contributed by atoms with Crippen LogP contribution in [0.25, 0.3) is 0 Å². The summed E-state index contributed by atoms with van der Waals surface area (Å²) >= 11 is 7.63. The van der Waals surface area contributed by atoms with E-state index in [1.165, 1.54) is 4.88 Å². The van der Waals surface area contributed by atoms with Gasteiger partial charge in [-0.05, 0) is 18.7 Å². The molecule has 1 fully saturated rings. The molecule has 0 aromatic carbocycles. The summed E-state index contributed by atoms with van der Waals surface area (Å²) in [5.41, 5.74) is 0. The van der Waals surface area contributed by atoms with Crippen molar-refractivity contribution in [2.45, 2.75) is 19.5 Å². The highest BCUT2D eigenvalue weighted by Gasteiger charge is 2.22. The van der Waals surface area contributed by atoms with Crippen molar-refractivity contribution in [1.29, 1.82) is 0 Å². The van der Waals surface area contributed by atoms with Gasteiger partial charge in [-0.1, -0.05) is 18.5 Å². The topological polar surface area (TPSA) is 24.5 Å². The van der Waals surface area contributed by atoms with E-state index in [0.717, 1.165) is 43.7 Å². The van der Waals surface area contributed by atoms with E-state index >= 15 is 0 Å². The third-order valence-electron chi connectivity index (χ3n) is 2.97. The Bertz CT molecular complexity index is 345. The number of rotatable bonds is 5. The van der Waals surface area contributed by atoms with Crippen LogP contribution < -0.4 is 5.32 Å². The Balaban J connectivity index is 1.91. The van der Waals surface area contributed by atoms with Gasteiger partial charge in [-0.2, -0.15) is 0 Å². The minimum Gasteiger partial charge on any atom is -0.378 e. The Morgan fingerprint density at radius 2 is 2.47 bits per heavy atom. The highest BCUT2D eigenvalue weighted by Crippen LogP contribution is 2.23. The highest BCUT2D eigenvalue weighted by molar-refractivity contribution is 7.16. The maximum Gasteiger partial charge on any atom is 0.0931 e. The molecule has 0 radical (unpaired) electrons. The lowest BCUT2D eigenvalue weighted by Gasteiger charge is -2.35. The molecule has 1 aliphatic rings. The van der Waals surface area contributed by atoms with Gasteiger partial charge in [0.15, 0.2) is 0 Å². The number of ether oxygens (including phenoxy) is 1. The van der Waals surface area contributed by atoms with E-state index in [-0.39, 0.29) is 0 Å². The molecule has 1 aromatic rings. The van der Waals surface area contributed by atoms with Crippen LogP contribution in [0.4, 0.5) is 0 Å². The van der Waals surface area contributed by atoms with Crippen LogP contribution in [0.1, 0.15) is 11.8 Å². The maximum absolute atomic E-state index is 5.96. The van der Waals surface area contributed by atoms with Crippen molar-refractivity contribution in [3.63, 3.8) is 0 Å². The highest BCUT2D eigenvalue weighted by atomic mass is 35.5. The molecule has 2 heterocycles. The zero-order valence-corrected chi connectivity index (χ0v) is 11.7. The summed E-state index contributed by atoms with van der Waals surface area (Å²) in [6.07, 6.45) is 0. The first-order valence-electron chi connectivity index (χ1n) is 6.06. The van der Waals surface area contributed by atoms with E-state index in [1.54, 1.807) is 11.3 Å². The van der Waals surface area contributed by atoms with Crippen molar-refractivity contribution in [3.05, 3.63) is 21.3 Å². The molecule has 0 spiro atoms. The molecule has 0 amide bonds. The van der Waals surface area contributed by atoms with Crippen molar-refractivity contribution in [2.75, 3.05) is 32.8 Å². The average Bonchev–Trinajstić information content (AvgIpc) is 2.74. The SMILES string of the molecule is CCNCC1COCCN1Cc1ccc(Cl)s1. The summed E-state index contributed by atoms with van der Waals surface area (Å²) in [6.45, 7) is 7.79. The summed E-state index contributed by atoms with van der Waals surface area (Å²) < 4.78 is 6.42. The Kier molecular flexibility index (Phi) is 5.25. The van der Waals surface area contributed by atoms with Gasteiger partial charge >= 0.3 is 0 Å². The fourth-order valence-electron chi connectivity index (χ4n) is 2.03. The number of nitrogens with zero attached hydrogens (tertiary/aromatic N) is 1. The van der Waals surface area contributed by atoms with Gasteiger partial charge in [-0.3, -0.25) is 4.90 Å². The van der Waals surface area contributed by atoms with Crippen LogP contribution in [0, 0.1) is 0 Å². The fraction of sp³-hybridized carbons (Fsp3) is 0.667. The van der Waals surface area contributed by atoms with E-state index < -0.39 is 0 Å². The molecule has 1 atom stereocenters. The fourth-order valence-corrected chi connectivity index (χ4v) is 3.15. The minimum absolute atomic E-state index is 0.476. The Labute approximate surface area is 112 Å². The van der Waals surface area contributed by atoms with E-state index in [2.05, 4.69) is 23.2 Å². The van der Waals surface area contributed by atoms with E-state index in [9.17, 15) is 0 Å². The normalized spacial score (nSPS) is 21.9. The van der Waals surface area contributed by atoms with Crippen molar-refractivity contribution in [1.82, 2.24) is 10.2 Å². The van der Waals surface area contributed by atoms with Crippen LogP contribution in [0.2, 0.25) is 4.34 Å². The van der Waals surface area contributed by atoms with E-state index in [0.29, 0.717) is 6.04 Å². The number of nitrogens with one attached hydrogen (secondary N) is 1. The summed E-state index contributed by atoms with van der Waals surface area (Å²) in [6, 6.07) is 4.57. The molecular formula is C12H19ClN2OS. The number of hydrogen-bond acceptors (Lipinski definition) is 4. The summed E-state index contributed by atoms with van der Waals surface area (Å²) in [5.74, 6) is 0. The zero-order valence-electron chi connectivity index (χ0n) is 10.1. The number of hydrogen-bond donors (Lipinski definition) is 1. The van der Waals surface area contributed by atoms with Gasteiger partial charge in [0.05, 0.1) is 17.6 Å². The first kappa shape index (κ1) is 13.3. The monoisotopic (exact) mass is 274 g/mol. The van der Waals surface area contributed by atoms with Crippen molar-refractivity contribution in [3.8, 4) is 0 Å². The van der Waals surface area contributed by atoms with Crippen molar-refractivity contribution < 1.29 is 4.74 Å². The van der Waals surface area contributed by atoms with Crippen LogP contribution in [0.3, 0.4) is 0 Å². The lowest BCUT2D eigenvalue weighted by atomic mass is 10.2. The second kappa shape index (κ2) is 6.71. The average molecular weight is 275 g/mol. The molecule has 5 heteroatoms. The van der Waals surface area contributed by atoms with Gasteiger partial charge in [-0.25, -0.2) is 0 Å². The molecule has 1 aliphatic heterocycles. The molecule has 0 saturated carbocycles. The van der Waals surface area contributed by atoms with Crippen LogP contribution in [0.15, 0.2) is 12.1 Å². The lowest BCUT2D eigenvalue weighted by Crippen LogP contribution is -2.49. The third kappa shape index (κ3) is 3.93. The van der Waals surface area contributed by atoms with Gasteiger partial charge in [0.2, 0.25) is 0 Å². The largest absolute Gasteiger partial charge is 0.378 e. The smallest absolute Gasteiger partial charge is 0.0931 e. The van der Waals surface area contributed by atoms with E-state index in [4.69, 9.17) is 16.3 Å². The molecule has 96 valence electrons. The van der Waals surface area contributed by atoms with Gasteiger partial charge in [0.1, 0.15) is 0 Å². The Morgan fingerprint density at radius 3 is 3.18 bits per heavy atom. The molecule has 1 saturated heterocycles. The predicted octanol–water partition coefficient (Wildman–Crippen LogP) is 2.21. The van der Waals surface area contributed by atoms with Crippen LogP contribution >= 0.6 is 22.9 Å². The quantitative estimate of drug-likeness (QED) is 0.891. The standard InChI is InChI=1S/C12H19ClN2OS/c1-2-14-7-10-9-16-6-5-15(10)8-11-3-4-12(13)17-11/h3-4,10,14H,2,5-9H2,1H3. The van der Waals surface area contributed by atoms with Crippen LogP contribution in [-0.2, 0) is 11.3 Å². The number of halogens is 1. The van der Waals surface area contributed by atoms with Gasteiger partial charge in [-0.15, -0.1) is 11.3 Å². The van der Waals surface area contributed by atoms with E-state index in [1.807, 2.05) is 6.07 Å². The van der Waals surface area contributed by atoms with Crippen molar-refractivity contribution >= 4 is 22.9 Å². The summed E-state index contributed by atoms with van der Waals surface area (Å²) in [5, 5.41) is 3.39. The minimum atomic E-state index is 0.476. The van der Waals surface area contributed by atoms with Crippen LogP contribution in [-0.4, -0.2) is 43.8 Å². The first-order chi connectivity index (χ1) is 8.29. The molecule has 1 aromatic heterocycles. The first-order valence-corrected chi connectivity index (χ1v) is 7.25. The zero-order chi connectivity index (χ0) is 12.1. The number of morpholine rings is 1. The second-order valence-electron chi connectivity index (χ2n) is 4.21. The molecule has 0 aliphatic carbocycles. The Hall–Kier alpha value is -0.130. The maximum atomic E-state index is 5.96. The van der Waals surface area contributed by atoms with Gasteiger partial charge in [0, 0.05) is 30.6 Å². The second-order valence-corrected chi connectivity index (χ2v) is 6.01. The lowest BCUT2D eigenvalue weighted by molar-refractivity contribution is -0.0103. The van der Waals surface area contributed by atoms with Crippen molar-refractivity contribution in [2.24, 2.45) is 0 Å². The molecule has 3 nitrogen and oxygen atoms in total. The third-order valence-corrected chi connectivity index (χ3v) is 4.18. The van der Waals surface area contributed by atoms with Gasteiger partial charge < -0.3 is 10.1 Å². The number of likely N-dealkylation sites (N-methyl/N-ethyl adjacent to an activating group) is 1. The summed E-state index contributed by atoms with van der Waals surface area (Å²) in [7, 11) is 0. The van der Waals surface area contributed by atoms with Gasteiger partial charge in [0.25, 0.3) is 0 Å². The molecular weight excluding hydrogens is 256 g/mol. The molecule has 17 heavy (non-hydrogen) atoms. The molecule has 2 rings (SSSR count). The summed E-state index contributed by atoms with van der Waals surface area (Å²) in [4.78, 5) is 3.81. The molecule has 0 bridgehead atoms. The molecule has 1 unspecified atom stereocenters. The predicted molar refractivity (Wildman–Crippen MR) is 72.9 cm³/mol.